The molecule has 6 heteroatoms. The van der Waals surface area contributed by atoms with E-state index in [1.54, 1.807) is 62.8 Å². The predicted octanol–water partition coefficient (Wildman–Crippen LogP) is 3.27. The van der Waals surface area contributed by atoms with E-state index < -0.39 is 0 Å². The minimum Gasteiger partial charge on any atom is -0.493 e. The van der Waals surface area contributed by atoms with E-state index in [0.717, 1.165) is 5.56 Å². The molecule has 0 unspecified atom stereocenters. The number of nitrogens with one attached hydrogen (secondary N) is 2. The number of benzene rings is 2. The van der Waals surface area contributed by atoms with Gasteiger partial charge in [-0.15, -0.1) is 6.58 Å². The van der Waals surface area contributed by atoms with E-state index in [-0.39, 0.29) is 11.8 Å². The maximum Gasteiger partial charge on any atom is 0.253 e. The lowest BCUT2D eigenvalue weighted by Crippen LogP contribution is -2.24. The number of ether oxygens (including phenoxy) is 2. The minimum absolute atomic E-state index is 0.283. The topological polar surface area (TPSA) is 76.7 Å². The van der Waals surface area contributed by atoms with E-state index >= 15 is 0 Å². The molecule has 140 valence electrons. The molecule has 6 nitrogen and oxygen atoms in total. The van der Waals surface area contributed by atoms with Crippen molar-refractivity contribution < 1.29 is 19.1 Å². The molecule has 0 radical (unpaired) electrons. The Hall–Kier alpha value is -3.54. The summed E-state index contributed by atoms with van der Waals surface area (Å²) in [6.45, 7) is 3.91. The van der Waals surface area contributed by atoms with Gasteiger partial charge in [-0.05, 0) is 35.9 Å². The fourth-order valence-electron chi connectivity index (χ4n) is 2.35. The molecule has 0 aliphatic heterocycles. The van der Waals surface area contributed by atoms with Gasteiger partial charge in [-0.3, -0.25) is 9.59 Å². The van der Waals surface area contributed by atoms with Crippen LogP contribution in [0.4, 0.5) is 5.69 Å². The van der Waals surface area contributed by atoms with Crippen LogP contribution in [-0.4, -0.2) is 32.6 Å². The number of amides is 2. The van der Waals surface area contributed by atoms with E-state index in [2.05, 4.69) is 17.2 Å². The number of carbonyl (C=O) groups excluding carboxylic acids is 2. The van der Waals surface area contributed by atoms with Crippen molar-refractivity contribution in [1.82, 2.24) is 5.32 Å². The van der Waals surface area contributed by atoms with Gasteiger partial charge in [-0.25, -0.2) is 0 Å². The fourth-order valence-corrected chi connectivity index (χ4v) is 2.35. The van der Waals surface area contributed by atoms with Crippen LogP contribution in [0.15, 0.2) is 61.2 Å². The molecule has 2 N–H and O–H groups in total. The third-order valence-corrected chi connectivity index (χ3v) is 3.67. The second-order valence-electron chi connectivity index (χ2n) is 5.48. The van der Waals surface area contributed by atoms with Crippen molar-refractivity contribution in [3.05, 3.63) is 72.3 Å². The third kappa shape index (κ3) is 5.47. The van der Waals surface area contributed by atoms with Gasteiger partial charge in [0.25, 0.3) is 5.91 Å². The lowest BCUT2D eigenvalue weighted by molar-refractivity contribution is -0.111. The summed E-state index contributed by atoms with van der Waals surface area (Å²) in [6, 6.07) is 12.1. The van der Waals surface area contributed by atoms with Crippen molar-refractivity contribution in [1.29, 1.82) is 0 Å². The van der Waals surface area contributed by atoms with Gasteiger partial charge in [0.05, 0.1) is 25.5 Å². The summed E-state index contributed by atoms with van der Waals surface area (Å²) in [7, 11) is 3.11. The number of para-hydroxylation sites is 1. The molecule has 0 bridgehead atoms. The van der Waals surface area contributed by atoms with Crippen LogP contribution in [0.2, 0.25) is 0 Å². The van der Waals surface area contributed by atoms with Gasteiger partial charge in [-0.1, -0.05) is 24.3 Å². The number of methoxy groups -OCH3 is 2. The highest BCUT2D eigenvalue weighted by atomic mass is 16.5. The molecule has 2 amide bonds. The summed E-state index contributed by atoms with van der Waals surface area (Å²) in [5, 5.41) is 5.41. The Labute approximate surface area is 158 Å². The van der Waals surface area contributed by atoms with Crippen LogP contribution in [0, 0.1) is 0 Å². The zero-order chi connectivity index (χ0) is 19.6. The Kier molecular flexibility index (Phi) is 7.19. The minimum atomic E-state index is -0.353. The number of hydrogen-bond acceptors (Lipinski definition) is 4. The van der Waals surface area contributed by atoms with Gasteiger partial charge in [-0.2, -0.15) is 0 Å². The maximum absolute atomic E-state index is 12.3. The first-order valence-corrected chi connectivity index (χ1v) is 8.28. The molecule has 0 aliphatic rings. The molecule has 0 atom stereocenters. The zero-order valence-electron chi connectivity index (χ0n) is 15.3. The van der Waals surface area contributed by atoms with Crippen molar-refractivity contribution in [2.45, 2.75) is 0 Å². The molecule has 0 aromatic heterocycles. The molecule has 0 saturated heterocycles. The van der Waals surface area contributed by atoms with Crippen LogP contribution in [0.25, 0.3) is 6.08 Å². The summed E-state index contributed by atoms with van der Waals surface area (Å²) in [6.07, 6.45) is 4.63. The first-order valence-electron chi connectivity index (χ1n) is 8.28. The van der Waals surface area contributed by atoms with E-state index in [1.807, 2.05) is 6.07 Å². The van der Waals surface area contributed by atoms with Crippen LogP contribution in [0.3, 0.4) is 0 Å². The van der Waals surface area contributed by atoms with E-state index in [9.17, 15) is 9.59 Å². The van der Waals surface area contributed by atoms with Crippen molar-refractivity contribution in [2.75, 3.05) is 26.1 Å². The van der Waals surface area contributed by atoms with Crippen molar-refractivity contribution >= 4 is 23.6 Å². The Morgan fingerprint density at radius 3 is 2.52 bits per heavy atom. The lowest BCUT2D eigenvalue weighted by atomic mass is 10.1. The third-order valence-electron chi connectivity index (χ3n) is 3.67. The highest BCUT2D eigenvalue weighted by Gasteiger charge is 2.11. The smallest absolute Gasteiger partial charge is 0.253 e. The first kappa shape index (κ1) is 19.8. The van der Waals surface area contributed by atoms with Gasteiger partial charge < -0.3 is 20.1 Å². The SMILES string of the molecule is C=CCNC(=O)c1ccccc1NC(=O)C=Cc1ccc(OC)c(OC)c1. The number of rotatable bonds is 8. The highest BCUT2D eigenvalue weighted by molar-refractivity contribution is 6.07. The van der Waals surface area contributed by atoms with Crippen LogP contribution in [0.1, 0.15) is 15.9 Å². The van der Waals surface area contributed by atoms with E-state index in [4.69, 9.17) is 9.47 Å². The van der Waals surface area contributed by atoms with E-state index in [0.29, 0.717) is 29.3 Å². The number of carbonyl (C=O) groups is 2. The maximum atomic E-state index is 12.3. The molecule has 0 fully saturated rings. The fraction of sp³-hybridized carbons (Fsp3) is 0.143. The number of hydrogen-bond donors (Lipinski definition) is 2. The zero-order valence-corrected chi connectivity index (χ0v) is 15.3. The molecule has 0 spiro atoms. The molecule has 2 aromatic rings. The second-order valence-corrected chi connectivity index (χ2v) is 5.48. The van der Waals surface area contributed by atoms with Gasteiger partial charge in [0.1, 0.15) is 0 Å². The molecule has 0 saturated carbocycles. The quantitative estimate of drug-likeness (QED) is 0.555. The average molecular weight is 366 g/mol. The largest absolute Gasteiger partial charge is 0.493 e. The Bertz CT molecular complexity index is 859. The van der Waals surface area contributed by atoms with E-state index in [1.165, 1.54) is 6.08 Å². The molecule has 27 heavy (non-hydrogen) atoms. The van der Waals surface area contributed by atoms with Gasteiger partial charge in [0.15, 0.2) is 11.5 Å². The number of anilines is 1. The molecular weight excluding hydrogens is 344 g/mol. The van der Waals surface area contributed by atoms with Crippen LogP contribution in [-0.2, 0) is 4.79 Å². The summed E-state index contributed by atoms with van der Waals surface area (Å²) in [4.78, 5) is 24.4. The molecule has 0 aliphatic carbocycles. The Balaban J connectivity index is 2.11. The van der Waals surface area contributed by atoms with Gasteiger partial charge in [0.2, 0.25) is 5.91 Å². The van der Waals surface area contributed by atoms with Gasteiger partial charge >= 0.3 is 0 Å². The molecule has 2 rings (SSSR count). The summed E-state index contributed by atoms with van der Waals surface area (Å²) < 4.78 is 10.4. The van der Waals surface area contributed by atoms with Crippen LogP contribution >= 0.6 is 0 Å². The molecule has 2 aromatic carbocycles. The summed E-state index contributed by atoms with van der Waals surface area (Å²) in [5.41, 5.74) is 1.59. The van der Waals surface area contributed by atoms with Crippen molar-refractivity contribution in [2.24, 2.45) is 0 Å². The van der Waals surface area contributed by atoms with Gasteiger partial charge in [0, 0.05) is 12.6 Å². The monoisotopic (exact) mass is 366 g/mol. The van der Waals surface area contributed by atoms with Crippen molar-refractivity contribution in [3.8, 4) is 11.5 Å². The summed E-state index contributed by atoms with van der Waals surface area (Å²) >= 11 is 0. The van der Waals surface area contributed by atoms with Crippen molar-refractivity contribution in [3.63, 3.8) is 0 Å². The molecule has 0 heterocycles. The molecular formula is C21H22N2O4. The Morgan fingerprint density at radius 1 is 1.07 bits per heavy atom. The van der Waals surface area contributed by atoms with Crippen LogP contribution < -0.4 is 20.1 Å². The predicted molar refractivity (Wildman–Crippen MR) is 106 cm³/mol. The Morgan fingerprint density at radius 2 is 1.81 bits per heavy atom. The average Bonchev–Trinajstić information content (AvgIpc) is 2.70. The standard InChI is InChI=1S/C21H22N2O4/c1-4-13-22-21(25)16-7-5-6-8-17(16)23-20(24)12-10-15-9-11-18(26-2)19(14-15)27-3/h4-12,14H,1,13H2,2-3H3,(H,22,25)(H,23,24). The first-order chi connectivity index (χ1) is 13.1. The van der Waals surface area contributed by atoms with Crippen LogP contribution in [0.5, 0.6) is 11.5 Å². The second kappa shape index (κ2) is 9.82. The summed E-state index contributed by atoms with van der Waals surface area (Å²) in [5.74, 6) is 0.547. The lowest BCUT2D eigenvalue weighted by Gasteiger charge is -2.09. The normalized spacial score (nSPS) is 10.3. The highest BCUT2D eigenvalue weighted by Crippen LogP contribution is 2.28.